The van der Waals surface area contributed by atoms with Crippen molar-refractivity contribution in [1.29, 1.82) is 0 Å². The predicted octanol–water partition coefficient (Wildman–Crippen LogP) is 2.14. The topological polar surface area (TPSA) is 35.6 Å². The van der Waals surface area contributed by atoms with Crippen LogP contribution in [0.4, 0.5) is 9.18 Å². The molecule has 20 heavy (non-hydrogen) atoms. The fraction of sp³-hybridized carbons (Fsp3) is 0.400. The van der Waals surface area contributed by atoms with Gasteiger partial charge in [0.05, 0.1) is 0 Å². The molecule has 0 atom stereocenters. The molecule has 0 spiro atoms. The van der Waals surface area contributed by atoms with Gasteiger partial charge >= 0.3 is 6.03 Å². The standard InChI is InChI=1S/C15H20FN3O/c1-2-18-8-10-19(11-9-18)15(20)17-7-6-13-4-3-5-14(16)12-13/h3-7,12H,2,8-11H2,1H3,(H,17,20)/b7-6+. The average Bonchev–Trinajstić information content (AvgIpc) is 2.47. The summed E-state index contributed by atoms with van der Waals surface area (Å²) in [6.07, 6.45) is 3.24. The summed E-state index contributed by atoms with van der Waals surface area (Å²) in [5.41, 5.74) is 0.723. The van der Waals surface area contributed by atoms with Crippen molar-refractivity contribution in [2.45, 2.75) is 6.92 Å². The van der Waals surface area contributed by atoms with Crippen molar-refractivity contribution in [1.82, 2.24) is 15.1 Å². The maximum Gasteiger partial charge on any atom is 0.321 e. The zero-order valence-corrected chi connectivity index (χ0v) is 11.7. The molecule has 4 nitrogen and oxygen atoms in total. The van der Waals surface area contributed by atoms with Crippen molar-refractivity contribution >= 4 is 12.1 Å². The normalized spacial score (nSPS) is 16.6. The summed E-state index contributed by atoms with van der Waals surface area (Å²) in [6, 6.07) is 6.13. The molecule has 1 aromatic rings. The van der Waals surface area contributed by atoms with Crippen LogP contribution >= 0.6 is 0 Å². The van der Waals surface area contributed by atoms with E-state index in [1.54, 1.807) is 29.3 Å². The second kappa shape index (κ2) is 7.05. The van der Waals surface area contributed by atoms with Crippen LogP contribution in [-0.4, -0.2) is 48.6 Å². The van der Waals surface area contributed by atoms with Gasteiger partial charge in [-0.1, -0.05) is 19.1 Å². The molecular formula is C15H20FN3O. The molecule has 1 saturated heterocycles. The molecule has 2 amide bonds. The Bertz CT molecular complexity index is 482. The summed E-state index contributed by atoms with van der Waals surface area (Å²) < 4.78 is 13.0. The lowest BCUT2D eigenvalue weighted by atomic mass is 10.2. The molecule has 1 aliphatic heterocycles. The van der Waals surface area contributed by atoms with Crippen molar-refractivity contribution in [3.05, 3.63) is 41.8 Å². The summed E-state index contributed by atoms with van der Waals surface area (Å²) in [5.74, 6) is -0.283. The Morgan fingerprint density at radius 3 is 2.75 bits per heavy atom. The number of carbonyl (C=O) groups is 1. The molecule has 5 heteroatoms. The van der Waals surface area contributed by atoms with Gasteiger partial charge in [0.25, 0.3) is 0 Å². The highest BCUT2D eigenvalue weighted by Gasteiger charge is 2.18. The van der Waals surface area contributed by atoms with Crippen LogP contribution in [0.1, 0.15) is 12.5 Å². The van der Waals surface area contributed by atoms with Gasteiger partial charge in [-0.2, -0.15) is 0 Å². The number of nitrogens with one attached hydrogen (secondary N) is 1. The molecule has 0 aliphatic carbocycles. The number of hydrogen-bond donors (Lipinski definition) is 1. The molecule has 0 saturated carbocycles. The lowest BCUT2D eigenvalue weighted by molar-refractivity contribution is 0.145. The highest BCUT2D eigenvalue weighted by molar-refractivity contribution is 5.76. The van der Waals surface area contributed by atoms with E-state index in [4.69, 9.17) is 0 Å². The van der Waals surface area contributed by atoms with Crippen molar-refractivity contribution in [2.75, 3.05) is 32.7 Å². The second-order valence-corrected chi connectivity index (χ2v) is 4.76. The van der Waals surface area contributed by atoms with Crippen molar-refractivity contribution in [3.8, 4) is 0 Å². The number of urea groups is 1. The molecule has 1 aliphatic rings. The molecule has 0 radical (unpaired) electrons. The van der Waals surface area contributed by atoms with Crippen molar-refractivity contribution in [3.63, 3.8) is 0 Å². The monoisotopic (exact) mass is 277 g/mol. The third kappa shape index (κ3) is 4.06. The van der Waals surface area contributed by atoms with Crippen LogP contribution in [0.25, 0.3) is 6.08 Å². The lowest BCUT2D eigenvalue weighted by Crippen LogP contribution is -2.50. The van der Waals surface area contributed by atoms with Crippen LogP contribution in [-0.2, 0) is 0 Å². The molecular weight excluding hydrogens is 257 g/mol. The van der Waals surface area contributed by atoms with E-state index in [9.17, 15) is 9.18 Å². The van der Waals surface area contributed by atoms with Crippen LogP contribution in [0.5, 0.6) is 0 Å². The number of halogens is 1. The van der Waals surface area contributed by atoms with E-state index in [0.29, 0.717) is 0 Å². The maximum atomic E-state index is 13.0. The molecule has 108 valence electrons. The molecule has 0 unspecified atom stereocenters. The molecule has 0 aromatic heterocycles. The summed E-state index contributed by atoms with van der Waals surface area (Å²) in [5, 5.41) is 2.72. The van der Waals surface area contributed by atoms with E-state index in [-0.39, 0.29) is 11.8 Å². The summed E-state index contributed by atoms with van der Waals surface area (Å²) >= 11 is 0. The number of carbonyl (C=O) groups excluding carboxylic acids is 1. The van der Waals surface area contributed by atoms with Gasteiger partial charge in [-0.15, -0.1) is 0 Å². The number of hydrogen-bond acceptors (Lipinski definition) is 2. The Labute approximate surface area is 118 Å². The van der Waals surface area contributed by atoms with Gasteiger partial charge in [0, 0.05) is 32.4 Å². The first-order valence-electron chi connectivity index (χ1n) is 6.89. The number of benzene rings is 1. The Morgan fingerprint density at radius 2 is 2.10 bits per heavy atom. The fourth-order valence-corrected chi connectivity index (χ4v) is 2.18. The van der Waals surface area contributed by atoms with Crippen molar-refractivity contribution < 1.29 is 9.18 Å². The minimum Gasteiger partial charge on any atom is -0.322 e. The van der Waals surface area contributed by atoms with Gasteiger partial charge < -0.3 is 15.1 Å². The van der Waals surface area contributed by atoms with Crippen LogP contribution in [0.15, 0.2) is 30.5 Å². The van der Waals surface area contributed by atoms with Crippen molar-refractivity contribution in [2.24, 2.45) is 0 Å². The largest absolute Gasteiger partial charge is 0.322 e. The van der Waals surface area contributed by atoms with E-state index in [0.717, 1.165) is 38.3 Å². The average molecular weight is 277 g/mol. The van der Waals surface area contributed by atoms with E-state index in [1.807, 2.05) is 0 Å². The van der Waals surface area contributed by atoms with Gasteiger partial charge in [0.15, 0.2) is 0 Å². The van der Waals surface area contributed by atoms with Gasteiger partial charge in [-0.25, -0.2) is 9.18 Å². The van der Waals surface area contributed by atoms with E-state index in [2.05, 4.69) is 17.1 Å². The number of nitrogens with zero attached hydrogens (tertiary/aromatic N) is 2. The maximum absolute atomic E-state index is 13.0. The Kier molecular flexibility index (Phi) is 5.12. The summed E-state index contributed by atoms with van der Waals surface area (Å²) in [4.78, 5) is 16.0. The molecule has 0 bridgehead atoms. The Hall–Kier alpha value is -1.88. The number of likely N-dealkylation sites (N-methyl/N-ethyl adjacent to an activating group) is 1. The molecule has 1 fully saturated rings. The first-order chi connectivity index (χ1) is 9.69. The number of rotatable bonds is 3. The first-order valence-corrected chi connectivity index (χ1v) is 6.89. The van der Waals surface area contributed by atoms with Gasteiger partial charge in [-0.3, -0.25) is 0 Å². The minimum atomic E-state index is -0.283. The molecule has 1 aromatic carbocycles. The summed E-state index contributed by atoms with van der Waals surface area (Å²) in [7, 11) is 0. The van der Waals surface area contributed by atoms with Crippen LogP contribution < -0.4 is 5.32 Å². The van der Waals surface area contributed by atoms with Crippen LogP contribution in [0.3, 0.4) is 0 Å². The second-order valence-electron chi connectivity index (χ2n) is 4.76. The summed E-state index contributed by atoms with van der Waals surface area (Å²) in [6.45, 7) is 6.46. The van der Waals surface area contributed by atoms with Gasteiger partial charge in [0.1, 0.15) is 5.82 Å². The third-order valence-corrected chi connectivity index (χ3v) is 3.44. The van der Waals surface area contributed by atoms with Gasteiger partial charge in [-0.05, 0) is 30.3 Å². The fourth-order valence-electron chi connectivity index (χ4n) is 2.18. The highest BCUT2D eigenvalue weighted by Crippen LogP contribution is 2.05. The molecule has 1 N–H and O–H groups in total. The smallest absolute Gasteiger partial charge is 0.321 e. The van der Waals surface area contributed by atoms with E-state index < -0.39 is 0 Å². The number of piperazine rings is 1. The first kappa shape index (κ1) is 14.5. The van der Waals surface area contributed by atoms with E-state index >= 15 is 0 Å². The number of amides is 2. The zero-order chi connectivity index (χ0) is 14.4. The quantitative estimate of drug-likeness (QED) is 0.919. The lowest BCUT2D eigenvalue weighted by Gasteiger charge is -2.33. The third-order valence-electron chi connectivity index (χ3n) is 3.44. The van der Waals surface area contributed by atoms with Crippen LogP contribution in [0.2, 0.25) is 0 Å². The molecule has 1 heterocycles. The molecule has 2 rings (SSSR count). The predicted molar refractivity (Wildman–Crippen MR) is 77.7 cm³/mol. The highest BCUT2D eigenvalue weighted by atomic mass is 19.1. The Balaban J connectivity index is 1.80. The van der Waals surface area contributed by atoms with E-state index in [1.165, 1.54) is 12.1 Å². The van der Waals surface area contributed by atoms with Gasteiger partial charge in [0.2, 0.25) is 0 Å². The Morgan fingerprint density at radius 1 is 1.35 bits per heavy atom. The van der Waals surface area contributed by atoms with Crippen LogP contribution in [0, 0.1) is 5.82 Å². The minimum absolute atomic E-state index is 0.103. The SMILES string of the molecule is CCN1CCN(C(=O)N/C=C/c2cccc(F)c2)CC1. The zero-order valence-electron chi connectivity index (χ0n) is 11.7.